The summed E-state index contributed by atoms with van der Waals surface area (Å²) in [5.41, 5.74) is 1.92. The van der Waals surface area contributed by atoms with Gasteiger partial charge in [0.05, 0.1) is 11.9 Å². The Labute approximate surface area is 167 Å². The van der Waals surface area contributed by atoms with Crippen molar-refractivity contribution in [2.75, 3.05) is 22.4 Å². The van der Waals surface area contributed by atoms with Crippen molar-refractivity contribution in [3.8, 4) is 0 Å². The first kappa shape index (κ1) is 20.7. The highest BCUT2D eigenvalue weighted by atomic mass is 79.9. The van der Waals surface area contributed by atoms with Crippen LogP contribution in [0.5, 0.6) is 0 Å². The van der Waals surface area contributed by atoms with Crippen LogP contribution in [-0.4, -0.2) is 27.1 Å². The first-order valence-corrected chi connectivity index (χ1v) is 11.0. The van der Waals surface area contributed by atoms with Gasteiger partial charge in [-0.05, 0) is 49.2 Å². The molecule has 1 amide bonds. The largest absolute Gasteiger partial charge is 0.326 e. The standard InChI is InChI=1S/C18H20BrClN2O3S/c1-13-16(20)8-4-9-17(13)22(26(2,24)25)11-5-10-18(23)21-15-7-3-6-14(19)12-15/h3-4,6-9,12H,5,10-11H2,1-2H3,(H,21,23). The van der Waals surface area contributed by atoms with E-state index in [0.717, 1.165) is 10.7 Å². The summed E-state index contributed by atoms with van der Waals surface area (Å²) in [5.74, 6) is -0.167. The molecule has 0 aliphatic carbocycles. The first-order chi connectivity index (χ1) is 12.2. The van der Waals surface area contributed by atoms with Crippen LogP contribution < -0.4 is 9.62 Å². The molecule has 26 heavy (non-hydrogen) atoms. The number of nitrogens with zero attached hydrogens (tertiary/aromatic N) is 1. The fourth-order valence-corrected chi connectivity index (χ4v) is 4.09. The molecule has 0 saturated carbocycles. The van der Waals surface area contributed by atoms with Crippen molar-refractivity contribution in [1.29, 1.82) is 0 Å². The molecule has 0 saturated heterocycles. The Morgan fingerprint density at radius 3 is 2.58 bits per heavy atom. The summed E-state index contributed by atoms with van der Waals surface area (Å²) < 4.78 is 26.5. The third-order valence-corrected chi connectivity index (χ3v) is 5.86. The quantitative estimate of drug-likeness (QED) is 0.658. The maximum absolute atomic E-state index is 12.2. The van der Waals surface area contributed by atoms with E-state index in [4.69, 9.17) is 11.6 Å². The van der Waals surface area contributed by atoms with Crippen molar-refractivity contribution in [3.63, 3.8) is 0 Å². The maximum atomic E-state index is 12.2. The number of benzene rings is 2. The summed E-state index contributed by atoms with van der Waals surface area (Å²) in [6.07, 6.45) is 1.74. The number of sulfonamides is 1. The van der Waals surface area contributed by atoms with Crippen LogP contribution in [0.4, 0.5) is 11.4 Å². The van der Waals surface area contributed by atoms with Gasteiger partial charge in [-0.2, -0.15) is 0 Å². The molecule has 0 radical (unpaired) electrons. The normalized spacial score (nSPS) is 11.2. The lowest BCUT2D eigenvalue weighted by Gasteiger charge is -2.24. The van der Waals surface area contributed by atoms with Crippen LogP contribution in [0.15, 0.2) is 46.9 Å². The van der Waals surface area contributed by atoms with Gasteiger partial charge < -0.3 is 5.32 Å². The topological polar surface area (TPSA) is 66.5 Å². The molecule has 0 fully saturated rings. The summed E-state index contributed by atoms with van der Waals surface area (Å²) in [6.45, 7) is 1.97. The number of carbonyl (C=O) groups is 1. The number of halogens is 2. The Morgan fingerprint density at radius 2 is 1.92 bits per heavy atom. The molecule has 0 atom stereocenters. The van der Waals surface area contributed by atoms with Crippen molar-refractivity contribution in [3.05, 3.63) is 57.5 Å². The van der Waals surface area contributed by atoms with Crippen LogP contribution in [0.1, 0.15) is 18.4 Å². The fourth-order valence-electron chi connectivity index (χ4n) is 2.50. The predicted octanol–water partition coefficient (Wildman–Crippen LogP) is 4.60. The second kappa shape index (κ2) is 8.88. The summed E-state index contributed by atoms with van der Waals surface area (Å²) in [6, 6.07) is 12.4. The Hall–Kier alpha value is -1.57. The molecule has 2 aromatic carbocycles. The minimum absolute atomic E-state index is 0.167. The summed E-state index contributed by atoms with van der Waals surface area (Å²) in [7, 11) is -3.48. The van der Waals surface area contributed by atoms with E-state index in [2.05, 4.69) is 21.2 Å². The molecule has 8 heteroatoms. The lowest BCUT2D eigenvalue weighted by molar-refractivity contribution is -0.116. The molecular weight excluding hydrogens is 440 g/mol. The summed E-state index contributed by atoms with van der Waals surface area (Å²) in [5, 5.41) is 3.30. The third-order valence-electron chi connectivity index (χ3n) is 3.78. The van der Waals surface area contributed by atoms with Crippen LogP contribution in [0.2, 0.25) is 5.02 Å². The van der Waals surface area contributed by atoms with E-state index in [9.17, 15) is 13.2 Å². The van der Waals surface area contributed by atoms with E-state index >= 15 is 0 Å². The number of rotatable bonds is 7. The van der Waals surface area contributed by atoms with Crippen molar-refractivity contribution in [1.82, 2.24) is 0 Å². The van der Waals surface area contributed by atoms with Crippen LogP contribution in [0, 0.1) is 6.92 Å². The van der Waals surface area contributed by atoms with E-state index in [0.29, 0.717) is 28.4 Å². The summed E-state index contributed by atoms with van der Waals surface area (Å²) >= 11 is 9.45. The third kappa shape index (κ3) is 5.72. The van der Waals surface area contributed by atoms with E-state index < -0.39 is 10.0 Å². The highest BCUT2D eigenvalue weighted by Gasteiger charge is 2.20. The van der Waals surface area contributed by atoms with E-state index in [1.807, 2.05) is 12.1 Å². The molecule has 2 rings (SSSR count). The zero-order valence-corrected chi connectivity index (χ0v) is 17.7. The molecule has 2 aromatic rings. The van der Waals surface area contributed by atoms with Gasteiger partial charge >= 0.3 is 0 Å². The van der Waals surface area contributed by atoms with E-state index in [1.165, 1.54) is 4.31 Å². The average Bonchev–Trinajstić information content (AvgIpc) is 2.53. The second-order valence-corrected chi connectivity index (χ2v) is 9.11. The Balaban J connectivity index is 2.02. The Bertz CT molecular complexity index is 903. The zero-order chi connectivity index (χ0) is 19.3. The molecule has 5 nitrogen and oxygen atoms in total. The SMILES string of the molecule is Cc1c(Cl)cccc1N(CCCC(=O)Nc1cccc(Br)c1)S(C)(=O)=O. The molecule has 0 aliphatic rings. The molecule has 140 valence electrons. The van der Waals surface area contributed by atoms with Crippen LogP contribution >= 0.6 is 27.5 Å². The minimum atomic E-state index is -3.48. The second-order valence-electron chi connectivity index (χ2n) is 5.88. The van der Waals surface area contributed by atoms with Crippen LogP contribution in [-0.2, 0) is 14.8 Å². The Kier molecular flexibility index (Phi) is 7.08. The van der Waals surface area contributed by atoms with Crippen LogP contribution in [0.3, 0.4) is 0 Å². The number of nitrogens with one attached hydrogen (secondary N) is 1. The van der Waals surface area contributed by atoms with Crippen molar-refractivity contribution in [2.24, 2.45) is 0 Å². The monoisotopic (exact) mass is 458 g/mol. The lowest BCUT2D eigenvalue weighted by atomic mass is 10.2. The van der Waals surface area contributed by atoms with Gasteiger partial charge in [-0.1, -0.05) is 39.7 Å². The van der Waals surface area contributed by atoms with Gasteiger partial charge in [0.15, 0.2) is 0 Å². The number of amides is 1. The lowest BCUT2D eigenvalue weighted by Crippen LogP contribution is -2.32. The molecule has 0 heterocycles. The Morgan fingerprint density at radius 1 is 1.23 bits per heavy atom. The van der Waals surface area contributed by atoms with Gasteiger partial charge in [0.1, 0.15) is 0 Å². The van der Waals surface area contributed by atoms with Crippen LogP contribution in [0.25, 0.3) is 0 Å². The predicted molar refractivity (Wildman–Crippen MR) is 110 cm³/mol. The minimum Gasteiger partial charge on any atom is -0.326 e. The van der Waals surface area contributed by atoms with E-state index in [1.54, 1.807) is 37.3 Å². The molecule has 0 unspecified atom stereocenters. The van der Waals surface area contributed by atoms with Crippen molar-refractivity contribution >= 4 is 54.8 Å². The number of anilines is 2. The molecule has 0 aliphatic heterocycles. The van der Waals surface area contributed by atoms with Gasteiger partial charge in [-0.25, -0.2) is 8.42 Å². The first-order valence-electron chi connectivity index (χ1n) is 7.97. The van der Waals surface area contributed by atoms with Crippen molar-refractivity contribution < 1.29 is 13.2 Å². The average molecular weight is 460 g/mol. The van der Waals surface area contributed by atoms with E-state index in [-0.39, 0.29) is 18.9 Å². The fraction of sp³-hybridized carbons (Fsp3) is 0.278. The molecular formula is C18H20BrClN2O3S. The molecule has 0 spiro atoms. The van der Waals surface area contributed by atoms with Gasteiger partial charge in [0.25, 0.3) is 0 Å². The zero-order valence-electron chi connectivity index (χ0n) is 14.5. The highest BCUT2D eigenvalue weighted by molar-refractivity contribution is 9.10. The number of hydrogen-bond acceptors (Lipinski definition) is 3. The maximum Gasteiger partial charge on any atom is 0.232 e. The smallest absolute Gasteiger partial charge is 0.232 e. The highest BCUT2D eigenvalue weighted by Crippen LogP contribution is 2.28. The molecule has 1 N–H and O–H groups in total. The summed E-state index contributed by atoms with van der Waals surface area (Å²) in [4.78, 5) is 12.1. The van der Waals surface area contributed by atoms with Gasteiger partial charge in [0, 0.05) is 28.1 Å². The van der Waals surface area contributed by atoms with Gasteiger partial charge in [-0.3, -0.25) is 9.10 Å². The molecule has 0 bridgehead atoms. The number of carbonyl (C=O) groups excluding carboxylic acids is 1. The van der Waals surface area contributed by atoms with Gasteiger partial charge in [-0.15, -0.1) is 0 Å². The van der Waals surface area contributed by atoms with Crippen molar-refractivity contribution in [2.45, 2.75) is 19.8 Å². The van der Waals surface area contributed by atoms with Gasteiger partial charge in [0.2, 0.25) is 15.9 Å². The molecule has 0 aromatic heterocycles. The number of hydrogen-bond donors (Lipinski definition) is 1.